The fourth-order valence-corrected chi connectivity index (χ4v) is 5.55. The normalized spacial score (nSPS) is 13.1. The van der Waals surface area contributed by atoms with Gasteiger partial charge in [-0.2, -0.15) is 0 Å². The molecule has 0 aliphatic carbocycles. The molecule has 2 aromatic heterocycles. The van der Waals surface area contributed by atoms with Gasteiger partial charge in [-0.25, -0.2) is 4.39 Å². The van der Waals surface area contributed by atoms with Gasteiger partial charge < -0.3 is 9.88 Å². The molecule has 0 unspecified atom stereocenters. The number of nitrogens with one attached hydrogen (secondary N) is 1. The summed E-state index contributed by atoms with van der Waals surface area (Å²) in [5.41, 5.74) is 7.98. The molecular weight excluding hydrogens is 508 g/mol. The first-order valence-corrected chi connectivity index (χ1v) is 13.0. The Morgan fingerprint density at radius 2 is 1.65 bits per heavy atom. The highest BCUT2D eigenvalue weighted by Crippen LogP contribution is 2.40. The number of hydrogen-bond acceptors (Lipinski definition) is 1. The van der Waals surface area contributed by atoms with Crippen molar-refractivity contribution in [3.63, 3.8) is 0 Å². The van der Waals surface area contributed by atoms with Gasteiger partial charge in [-0.3, -0.25) is 9.20 Å². The lowest BCUT2D eigenvalue weighted by molar-refractivity contribution is 0.102. The van der Waals surface area contributed by atoms with E-state index in [9.17, 15) is 9.18 Å². The Kier molecular flexibility index (Phi) is 6.06. The topological polar surface area (TPSA) is 38.4 Å². The molecule has 1 aliphatic rings. The fraction of sp³-hybridized carbons (Fsp3) is 0.167. The van der Waals surface area contributed by atoms with Crippen molar-refractivity contribution < 1.29 is 9.18 Å². The Bertz CT molecular complexity index is 1650. The van der Waals surface area contributed by atoms with Gasteiger partial charge in [0.25, 0.3) is 5.91 Å². The van der Waals surface area contributed by atoms with Gasteiger partial charge in [0.05, 0.1) is 15.7 Å². The lowest BCUT2D eigenvalue weighted by Gasteiger charge is -2.11. The second-order valence-corrected chi connectivity index (χ2v) is 10.3. The summed E-state index contributed by atoms with van der Waals surface area (Å²) in [5.74, 6) is -0.529. The van der Waals surface area contributed by atoms with Crippen LogP contribution in [-0.2, 0) is 13.0 Å². The maximum atomic E-state index is 13.9. The number of imidazole rings is 1. The van der Waals surface area contributed by atoms with E-state index in [1.54, 1.807) is 18.2 Å². The number of halogens is 3. The third kappa shape index (κ3) is 4.22. The van der Waals surface area contributed by atoms with E-state index < -0.39 is 0 Å². The largest absolute Gasteiger partial charge is 0.325 e. The number of aromatic nitrogens is 2. The molecule has 7 heteroatoms. The second kappa shape index (κ2) is 9.40. The van der Waals surface area contributed by atoms with Crippen LogP contribution in [0.15, 0.2) is 72.9 Å². The van der Waals surface area contributed by atoms with Gasteiger partial charge in [0.15, 0.2) is 0 Å². The molecule has 37 heavy (non-hydrogen) atoms. The van der Waals surface area contributed by atoms with Crippen molar-refractivity contribution in [3.05, 3.63) is 106 Å². The van der Waals surface area contributed by atoms with Crippen molar-refractivity contribution in [2.45, 2.75) is 32.7 Å². The summed E-state index contributed by atoms with van der Waals surface area (Å²) in [5, 5.41) is 4.06. The molecule has 0 atom stereocenters. The Balaban J connectivity index is 1.60. The Labute approximate surface area is 224 Å². The van der Waals surface area contributed by atoms with E-state index in [4.69, 9.17) is 23.2 Å². The first kappa shape index (κ1) is 23.8. The average molecular weight is 532 g/mol. The SMILES string of the molecule is Cc1ccc(NC(=O)c2c(-c3ccc(F)cc3)c3c4n(c(-c5ccc(Cl)c(Cl)c5)cn24)CCCC3)cc1. The summed E-state index contributed by atoms with van der Waals surface area (Å²) in [7, 11) is 0. The number of amides is 1. The van der Waals surface area contributed by atoms with Crippen molar-refractivity contribution in [1.82, 2.24) is 8.97 Å². The van der Waals surface area contributed by atoms with Crippen LogP contribution in [0.2, 0.25) is 10.0 Å². The van der Waals surface area contributed by atoms with Crippen LogP contribution in [0.5, 0.6) is 0 Å². The van der Waals surface area contributed by atoms with Gasteiger partial charge >= 0.3 is 0 Å². The van der Waals surface area contributed by atoms with Crippen LogP contribution >= 0.6 is 23.2 Å². The summed E-state index contributed by atoms with van der Waals surface area (Å²) >= 11 is 12.6. The molecule has 0 fully saturated rings. The molecule has 0 saturated heterocycles. The number of carbonyl (C=O) groups excluding carboxylic acids is 1. The molecule has 1 aliphatic heterocycles. The molecule has 0 bridgehead atoms. The number of rotatable bonds is 4. The lowest BCUT2D eigenvalue weighted by atomic mass is 9.97. The average Bonchev–Trinajstić information content (AvgIpc) is 3.30. The van der Waals surface area contributed by atoms with Crippen LogP contribution in [-0.4, -0.2) is 14.9 Å². The minimum Gasteiger partial charge on any atom is -0.325 e. The Morgan fingerprint density at radius 3 is 2.38 bits per heavy atom. The number of aryl methyl sites for hydroxylation is 3. The number of hydrogen-bond donors (Lipinski definition) is 1. The van der Waals surface area contributed by atoms with Crippen LogP contribution in [0.3, 0.4) is 0 Å². The molecule has 186 valence electrons. The first-order chi connectivity index (χ1) is 17.9. The molecule has 5 aromatic rings. The molecule has 1 N–H and O–H groups in total. The molecule has 0 saturated carbocycles. The molecule has 4 nitrogen and oxygen atoms in total. The molecule has 0 radical (unpaired) electrons. The maximum Gasteiger partial charge on any atom is 0.273 e. The van der Waals surface area contributed by atoms with Crippen LogP contribution in [0.25, 0.3) is 28.0 Å². The Hall–Kier alpha value is -3.54. The molecular formula is C30H24Cl2FN3O. The molecule has 1 amide bonds. The lowest BCUT2D eigenvalue weighted by Crippen LogP contribution is -2.15. The summed E-state index contributed by atoms with van der Waals surface area (Å²) in [6, 6.07) is 19.7. The third-order valence-corrected chi connectivity index (χ3v) is 7.75. The van der Waals surface area contributed by atoms with Crippen molar-refractivity contribution in [3.8, 4) is 22.4 Å². The van der Waals surface area contributed by atoms with E-state index in [-0.39, 0.29) is 11.7 Å². The number of benzene rings is 3. The highest BCUT2D eigenvalue weighted by atomic mass is 35.5. The number of anilines is 1. The van der Waals surface area contributed by atoms with Gasteiger partial charge in [-0.15, -0.1) is 0 Å². The second-order valence-electron chi connectivity index (χ2n) is 9.47. The van der Waals surface area contributed by atoms with Gasteiger partial charge in [0.2, 0.25) is 0 Å². The zero-order chi connectivity index (χ0) is 25.7. The standard InChI is InChI=1S/C30H24Cl2FN3O/c1-18-5-12-22(13-6-18)34-29(37)28-27(19-7-10-21(33)11-8-19)23-4-2-3-15-35-26(17-36(28)30(23)35)20-9-14-24(31)25(32)16-20/h5-14,16-17H,2-4,15H2,1H3,(H,34,37). The Morgan fingerprint density at radius 1 is 0.919 bits per heavy atom. The monoisotopic (exact) mass is 531 g/mol. The molecule has 3 heterocycles. The van der Waals surface area contributed by atoms with Crippen LogP contribution in [0, 0.1) is 12.7 Å². The van der Waals surface area contributed by atoms with Crippen LogP contribution < -0.4 is 5.32 Å². The zero-order valence-electron chi connectivity index (χ0n) is 20.2. The highest BCUT2D eigenvalue weighted by Gasteiger charge is 2.29. The smallest absolute Gasteiger partial charge is 0.273 e. The van der Waals surface area contributed by atoms with Crippen LogP contribution in [0.1, 0.15) is 34.5 Å². The zero-order valence-corrected chi connectivity index (χ0v) is 21.7. The first-order valence-electron chi connectivity index (χ1n) is 12.3. The van der Waals surface area contributed by atoms with E-state index in [1.165, 1.54) is 12.1 Å². The number of nitrogens with zero attached hydrogens (tertiary/aromatic N) is 2. The van der Waals surface area contributed by atoms with E-state index >= 15 is 0 Å². The number of carbonyl (C=O) groups is 1. The highest BCUT2D eigenvalue weighted by molar-refractivity contribution is 6.42. The van der Waals surface area contributed by atoms with E-state index in [0.29, 0.717) is 21.4 Å². The van der Waals surface area contributed by atoms with E-state index in [0.717, 1.165) is 65.0 Å². The predicted molar refractivity (Wildman–Crippen MR) is 148 cm³/mol. The van der Waals surface area contributed by atoms with Crippen molar-refractivity contribution >= 4 is 40.4 Å². The molecule has 0 spiro atoms. The predicted octanol–water partition coefficient (Wildman–Crippen LogP) is 8.42. The molecule has 3 aromatic carbocycles. The van der Waals surface area contributed by atoms with E-state index in [1.807, 2.05) is 53.9 Å². The van der Waals surface area contributed by atoms with Crippen molar-refractivity contribution in [2.75, 3.05) is 5.32 Å². The van der Waals surface area contributed by atoms with E-state index in [2.05, 4.69) is 9.88 Å². The minimum absolute atomic E-state index is 0.220. The van der Waals surface area contributed by atoms with Crippen LogP contribution in [0.4, 0.5) is 10.1 Å². The summed E-state index contributed by atoms with van der Waals surface area (Å²) < 4.78 is 18.1. The third-order valence-electron chi connectivity index (χ3n) is 7.01. The summed E-state index contributed by atoms with van der Waals surface area (Å²) in [6.45, 7) is 2.82. The molecule has 6 rings (SSSR count). The summed E-state index contributed by atoms with van der Waals surface area (Å²) in [4.78, 5) is 13.9. The fourth-order valence-electron chi connectivity index (χ4n) is 5.25. The van der Waals surface area contributed by atoms with Crippen molar-refractivity contribution in [1.29, 1.82) is 0 Å². The minimum atomic E-state index is -0.310. The maximum absolute atomic E-state index is 13.9. The van der Waals surface area contributed by atoms with Gasteiger partial charge in [0, 0.05) is 35.1 Å². The van der Waals surface area contributed by atoms with Crippen molar-refractivity contribution in [2.24, 2.45) is 0 Å². The summed E-state index contributed by atoms with van der Waals surface area (Å²) in [6.07, 6.45) is 4.80. The van der Waals surface area contributed by atoms with Gasteiger partial charge in [0.1, 0.15) is 17.2 Å². The van der Waals surface area contributed by atoms with Gasteiger partial charge in [-0.1, -0.05) is 59.1 Å². The quantitative estimate of drug-likeness (QED) is 0.248. The van der Waals surface area contributed by atoms with Gasteiger partial charge in [-0.05, 0) is 68.1 Å².